The summed E-state index contributed by atoms with van der Waals surface area (Å²) in [4.78, 5) is 9.47. The quantitative estimate of drug-likeness (QED) is 0.737. The molecule has 134 valence electrons. The molecule has 0 unspecified atom stereocenters. The van der Waals surface area contributed by atoms with E-state index in [-0.39, 0.29) is 0 Å². The van der Waals surface area contributed by atoms with E-state index in [4.69, 9.17) is 10.7 Å². The molecule has 0 fully saturated rings. The predicted molar refractivity (Wildman–Crippen MR) is 113 cm³/mol. The summed E-state index contributed by atoms with van der Waals surface area (Å²) in [7, 11) is 0. The van der Waals surface area contributed by atoms with Gasteiger partial charge in [-0.25, -0.2) is 4.98 Å². The lowest BCUT2D eigenvalue weighted by molar-refractivity contribution is 0.930. The van der Waals surface area contributed by atoms with Crippen molar-refractivity contribution in [3.8, 4) is 0 Å². The minimum atomic E-state index is 0.693. The Morgan fingerprint density at radius 3 is 2.78 bits per heavy atom. The van der Waals surface area contributed by atoms with Gasteiger partial charge in [0, 0.05) is 35.3 Å². The number of thioether (sulfide) groups is 1. The van der Waals surface area contributed by atoms with Gasteiger partial charge < -0.3 is 5.73 Å². The van der Waals surface area contributed by atoms with Gasteiger partial charge in [-0.15, -0.1) is 0 Å². The van der Waals surface area contributed by atoms with E-state index in [2.05, 4.69) is 46.5 Å². The van der Waals surface area contributed by atoms with E-state index >= 15 is 0 Å². The van der Waals surface area contributed by atoms with E-state index in [0.717, 1.165) is 46.0 Å². The molecule has 2 aliphatic heterocycles. The van der Waals surface area contributed by atoms with Crippen molar-refractivity contribution < 1.29 is 0 Å². The van der Waals surface area contributed by atoms with E-state index in [1.165, 1.54) is 11.1 Å². The number of benzene rings is 1. The lowest BCUT2D eigenvalue weighted by Crippen LogP contribution is -2.06. The van der Waals surface area contributed by atoms with Crippen LogP contribution in [0, 0.1) is 0 Å². The van der Waals surface area contributed by atoms with Crippen LogP contribution in [-0.4, -0.2) is 27.4 Å². The minimum Gasteiger partial charge on any atom is -0.383 e. The molecule has 0 spiro atoms. The molecule has 0 atom stereocenters. The normalized spacial score (nSPS) is 16.6. The van der Waals surface area contributed by atoms with Gasteiger partial charge in [0.15, 0.2) is 5.65 Å². The minimum absolute atomic E-state index is 0.693. The fraction of sp³-hybridized carbons (Fsp3) is 0.190. The van der Waals surface area contributed by atoms with E-state index in [0.29, 0.717) is 12.4 Å². The molecule has 0 saturated carbocycles. The Labute approximate surface area is 161 Å². The number of nitrogen functional groups attached to an aromatic ring is 1. The molecular weight excluding hydrogens is 354 g/mol. The topological polar surface area (TPSA) is 68.6 Å². The standard InChI is InChI=1S/C21H19N5S/c22-20-18-12-27-13-19(18)25-21-17(11-24-26(20)21)15-6-7-16(10-23-9-8-15)14-4-2-1-3-5-14/h1-7,9,11H,8,10,12-13,22H2. The summed E-state index contributed by atoms with van der Waals surface area (Å²) in [6.45, 7) is 0.693. The average Bonchev–Trinajstić information content (AvgIpc) is 3.31. The van der Waals surface area contributed by atoms with E-state index in [1.807, 2.05) is 30.2 Å². The van der Waals surface area contributed by atoms with Crippen molar-refractivity contribution in [2.24, 2.45) is 4.99 Å². The highest BCUT2D eigenvalue weighted by molar-refractivity contribution is 7.98. The summed E-state index contributed by atoms with van der Waals surface area (Å²) >= 11 is 1.85. The zero-order valence-electron chi connectivity index (χ0n) is 14.8. The summed E-state index contributed by atoms with van der Waals surface area (Å²) < 4.78 is 1.78. The fourth-order valence-electron chi connectivity index (χ4n) is 3.54. The largest absolute Gasteiger partial charge is 0.383 e. The van der Waals surface area contributed by atoms with Crippen LogP contribution in [0.25, 0.3) is 16.8 Å². The molecule has 0 radical (unpaired) electrons. The summed E-state index contributed by atoms with van der Waals surface area (Å²) in [6.07, 6.45) is 8.95. The van der Waals surface area contributed by atoms with Crippen molar-refractivity contribution in [1.29, 1.82) is 0 Å². The smallest absolute Gasteiger partial charge is 0.165 e. The molecule has 0 bridgehead atoms. The van der Waals surface area contributed by atoms with Gasteiger partial charge in [0.05, 0.1) is 18.4 Å². The van der Waals surface area contributed by atoms with Gasteiger partial charge in [-0.05, 0) is 16.7 Å². The second-order valence-corrected chi connectivity index (χ2v) is 7.67. The van der Waals surface area contributed by atoms with Crippen molar-refractivity contribution in [2.45, 2.75) is 17.9 Å². The van der Waals surface area contributed by atoms with E-state index in [1.54, 1.807) is 4.52 Å². The van der Waals surface area contributed by atoms with Crippen LogP contribution < -0.4 is 5.73 Å². The van der Waals surface area contributed by atoms with Gasteiger partial charge in [0.25, 0.3) is 0 Å². The number of rotatable bonds is 2. The first-order valence-corrected chi connectivity index (χ1v) is 10.1. The molecule has 6 heteroatoms. The lowest BCUT2D eigenvalue weighted by Gasteiger charge is -2.10. The first-order valence-electron chi connectivity index (χ1n) is 8.98. The highest BCUT2D eigenvalue weighted by Crippen LogP contribution is 2.34. The molecule has 1 aromatic carbocycles. The van der Waals surface area contributed by atoms with Crippen LogP contribution in [0.1, 0.15) is 28.8 Å². The molecule has 3 aromatic rings. The molecule has 5 rings (SSSR count). The molecular formula is C21H19N5S. The van der Waals surface area contributed by atoms with Crippen LogP contribution in [0.2, 0.25) is 0 Å². The highest BCUT2D eigenvalue weighted by Gasteiger charge is 2.21. The summed E-state index contributed by atoms with van der Waals surface area (Å²) in [6, 6.07) is 10.4. The third-order valence-corrected chi connectivity index (χ3v) is 6.00. The van der Waals surface area contributed by atoms with Gasteiger partial charge in [-0.3, -0.25) is 4.99 Å². The Morgan fingerprint density at radius 1 is 1.04 bits per heavy atom. The number of fused-ring (bicyclic) bond motifs is 2. The van der Waals surface area contributed by atoms with Crippen LogP contribution in [-0.2, 0) is 11.5 Å². The van der Waals surface area contributed by atoms with Gasteiger partial charge in [0.1, 0.15) is 5.82 Å². The molecule has 0 aliphatic carbocycles. The second-order valence-electron chi connectivity index (χ2n) is 6.69. The Balaban J connectivity index is 1.61. The Bertz CT molecular complexity index is 1110. The Morgan fingerprint density at radius 2 is 1.89 bits per heavy atom. The fourth-order valence-corrected chi connectivity index (χ4v) is 4.59. The number of anilines is 1. The number of hydrogen-bond acceptors (Lipinski definition) is 5. The zero-order valence-corrected chi connectivity index (χ0v) is 15.6. The molecule has 4 heterocycles. The highest BCUT2D eigenvalue weighted by atomic mass is 32.2. The molecule has 5 nitrogen and oxygen atoms in total. The number of nitrogens with two attached hydrogens (primary N) is 1. The second kappa shape index (κ2) is 6.70. The molecule has 0 amide bonds. The lowest BCUT2D eigenvalue weighted by atomic mass is 10.0. The first kappa shape index (κ1) is 16.3. The van der Waals surface area contributed by atoms with Crippen molar-refractivity contribution in [2.75, 3.05) is 12.3 Å². The SMILES string of the molecule is Nc1c2c(nc3c(C4=CC=C(c5ccccc5)CN=CC4)cnn13)CSC2. The Kier molecular flexibility index (Phi) is 4.05. The maximum atomic E-state index is 6.36. The molecule has 0 saturated heterocycles. The molecule has 2 aliphatic rings. The van der Waals surface area contributed by atoms with Crippen LogP contribution in [0.3, 0.4) is 0 Å². The van der Waals surface area contributed by atoms with Crippen LogP contribution in [0.4, 0.5) is 5.82 Å². The van der Waals surface area contributed by atoms with Crippen LogP contribution in [0.5, 0.6) is 0 Å². The number of hydrogen-bond donors (Lipinski definition) is 1. The molecule has 27 heavy (non-hydrogen) atoms. The maximum absolute atomic E-state index is 6.36. The third-order valence-electron chi connectivity index (χ3n) is 5.03. The van der Waals surface area contributed by atoms with Crippen molar-refractivity contribution in [3.05, 3.63) is 71.1 Å². The Hall–Kier alpha value is -2.86. The van der Waals surface area contributed by atoms with E-state index in [9.17, 15) is 0 Å². The molecule has 2 N–H and O–H groups in total. The number of allylic oxidation sites excluding steroid dienone is 3. The first-order chi connectivity index (χ1) is 13.3. The van der Waals surface area contributed by atoms with Crippen molar-refractivity contribution >= 4 is 40.6 Å². The number of aromatic nitrogens is 3. The predicted octanol–water partition coefficient (Wildman–Crippen LogP) is 4.00. The number of nitrogens with zero attached hydrogens (tertiary/aromatic N) is 4. The van der Waals surface area contributed by atoms with Crippen LogP contribution >= 0.6 is 11.8 Å². The maximum Gasteiger partial charge on any atom is 0.165 e. The summed E-state index contributed by atoms with van der Waals surface area (Å²) in [5.74, 6) is 2.55. The van der Waals surface area contributed by atoms with Crippen LogP contribution in [0.15, 0.2) is 53.7 Å². The average molecular weight is 373 g/mol. The van der Waals surface area contributed by atoms with Gasteiger partial charge in [0.2, 0.25) is 0 Å². The molecule has 2 aromatic heterocycles. The van der Waals surface area contributed by atoms with Gasteiger partial charge in [-0.2, -0.15) is 21.4 Å². The summed E-state index contributed by atoms with van der Waals surface area (Å²) in [5.41, 5.74) is 14.0. The van der Waals surface area contributed by atoms with Gasteiger partial charge >= 0.3 is 0 Å². The van der Waals surface area contributed by atoms with Gasteiger partial charge in [-0.1, -0.05) is 42.5 Å². The van der Waals surface area contributed by atoms with Crippen molar-refractivity contribution in [1.82, 2.24) is 14.6 Å². The monoisotopic (exact) mass is 373 g/mol. The van der Waals surface area contributed by atoms with E-state index < -0.39 is 0 Å². The number of aliphatic imine (C=N–C) groups is 1. The third kappa shape index (κ3) is 2.86. The summed E-state index contributed by atoms with van der Waals surface area (Å²) in [5, 5.41) is 4.52. The zero-order chi connectivity index (χ0) is 18.2. The van der Waals surface area contributed by atoms with Crippen molar-refractivity contribution in [3.63, 3.8) is 0 Å².